The number of hydrogen-bond acceptors (Lipinski definition) is 3. The van der Waals surface area contributed by atoms with Crippen LogP contribution in [0, 0.1) is 5.82 Å². The molecule has 3 nitrogen and oxygen atoms in total. The Morgan fingerprint density at radius 1 is 1.33 bits per heavy atom. The Balaban J connectivity index is 2.51. The van der Waals surface area contributed by atoms with E-state index in [2.05, 4.69) is 4.74 Å². The Morgan fingerprint density at radius 2 is 2.11 bits per heavy atom. The molecule has 0 fully saturated rings. The third kappa shape index (κ3) is 4.28. The standard InChI is InChI=1S/C14H17FO3/c1-18-14(17)12-8-7-11(10-13(12)15)6-4-2-3-5-9-16/h7-10H,2-6H2,1H3. The summed E-state index contributed by atoms with van der Waals surface area (Å²) >= 11 is 0. The lowest BCUT2D eigenvalue weighted by atomic mass is 10.0. The van der Waals surface area contributed by atoms with Crippen molar-refractivity contribution >= 4 is 12.3 Å². The monoisotopic (exact) mass is 252 g/mol. The molecule has 0 aromatic heterocycles. The van der Waals surface area contributed by atoms with Crippen molar-refractivity contribution in [2.75, 3.05) is 7.11 Å². The average molecular weight is 252 g/mol. The lowest BCUT2D eigenvalue weighted by molar-refractivity contribution is -0.107. The zero-order valence-corrected chi connectivity index (χ0v) is 10.4. The fraction of sp³-hybridized carbons (Fsp3) is 0.429. The summed E-state index contributed by atoms with van der Waals surface area (Å²) in [6.45, 7) is 0. The lowest BCUT2D eigenvalue weighted by Crippen LogP contribution is -2.04. The number of ether oxygens (including phenoxy) is 1. The van der Waals surface area contributed by atoms with Crippen LogP contribution >= 0.6 is 0 Å². The SMILES string of the molecule is COC(=O)c1ccc(CCCCCC=O)cc1F. The van der Waals surface area contributed by atoms with Crippen molar-refractivity contribution in [3.63, 3.8) is 0 Å². The largest absolute Gasteiger partial charge is 0.465 e. The maximum atomic E-state index is 13.6. The number of carbonyl (C=O) groups is 2. The molecule has 0 atom stereocenters. The van der Waals surface area contributed by atoms with Crippen LogP contribution in [-0.4, -0.2) is 19.4 Å². The highest BCUT2D eigenvalue weighted by Gasteiger charge is 2.11. The first-order chi connectivity index (χ1) is 8.69. The molecule has 0 aliphatic heterocycles. The summed E-state index contributed by atoms with van der Waals surface area (Å²) in [5, 5.41) is 0. The number of aryl methyl sites for hydroxylation is 1. The van der Waals surface area contributed by atoms with Crippen molar-refractivity contribution in [2.45, 2.75) is 32.1 Å². The first-order valence-corrected chi connectivity index (χ1v) is 5.99. The first kappa shape index (κ1) is 14.4. The molecule has 0 saturated carbocycles. The molecular weight excluding hydrogens is 235 g/mol. The quantitative estimate of drug-likeness (QED) is 0.426. The summed E-state index contributed by atoms with van der Waals surface area (Å²) in [7, 11) is 1.22. The van der Waals surface area contributed by atoms with Gasteiger partial charge in [0.1, 0.15) is 12.1 Å². The number of carbonyl (C=O) groups excluding carboxylic acids is 2. The summed E-state index contributed by atoms with van der Waals surface area (Å²) < 4.78 is 18.0. The van der Waals surface area contributed by atoms with Crippen LogP contribution in [0.1, 0.15) is 41.6 Å². The van der Waals surface area contributed by atoms with Crippen LogP contribution in [0.2, 0.25) is 0 Å². The molecule has 0 spiro atoms. The van der Waals surface area contributed by atoms with Gasteiger partial charge in [0, 0.05) is 6.42 Å². The van der Waals surface area contributed by atoms with E-state index in [4.69, 9.17) is 0 Å². The average Bonchev–Trinajstić information content (AvgIpc) is 2.38. The topological polar surface area (TPSA) is 43.4 Å². The van der Waals surface area contributed by atoms with Crippen molar-refractivity contribution in [1.82, 2.24) is 0 Å². The molecule has 0 heterocycles. The number of halogens is 1. The molecule has 18 heavy (non-hydrogen) atoms. The molecule has 0 aliphatic carbocycles. The van der Waals surface area contributed by atoms with Crippen LogP contribution in [0.4, 0.5) is 4.39 Å². The molecule has 1 aromatic carbocycles. The highest BCUT2D eigenvalue weighted by molar-refractivity contribution is 5.89. The number of rotatable bonds is 7. The predicted molar refractivity (Wildman–Crippen MR) is 66.0 cm³/mol. The van der Waals surface area contributed by atoms with Crippen molar-refractivity contribution < 1.29 is 18.7 Å². The number of methoxy groups -OCH3 is 1. The second-order valence-corrected chi connectivity index (χ2v) is 4.07. The molecular formula is C14H17FO3. The molecule has 0 radical (unpaired) electrons. The minimum absolute atomic E-state index is 0.0396. The normalized spacial score (nSPS) is 10.1. The molecule has 0 saturated heterocycles. The zero-order valence-electron chi connectivity index (χ0n) is 10.4. The number of hydrogen-bond donors (Lipinski definition) is 0. The Morgan fingerprint density at radius 3 is 2.72 bits per heavy atom. The van der Waals surface area contributed by atoms with E-state index >= 15 is 0 Å². The van der Waals surface area contributed by atoms with Gasteiger partial charge in [-0.3, -0.25) is 0 Å². The van der Waals surface area contributed by atoms with E-state index in [0.717, 1.165) is 37.5 Å². The highest BCUT2D eigenvalue weighted by atomic mass is 19.1. The van der Waals surface area contributed by atoms with Gasteiger partial charge in [-0.25, -0.2) is 9.18 Å². The van der Waals surface area contributed by atoms with Gasteiger partial charge >= 0.3 is 5.97 Å². The van der Waals surface area contributed by atoms with Gasteiger partial charge < -0.3 is 9.53 Å². The maximum Gasteiger partial charge on any atom is 0.340 e. The van der Waals surface area contributed by atoms with Gasteiger partial charge in [0.25, 0.3) is 0 Å². The van der Waals surface area contributed by atoms with Crippen molar-refractivity contribution in [2.24, 2.45) is 0 Å². The fourth-order valence-corrected chi connectivity index (χ4v) is 1.72. The van der Waals surface area contributed by atoms with E-state index in [0.29, 0.717) is 6.42 Å². The van der Waals surface area contributed by atoms with Gasteiger partial charge in [-0.1, -0.05) is 12.5 Å². The van der Waals surface area contributed by atoms with Gasteiger partial charge in [0.2, 0.25) is 0 Å². The molecule has 0 aliphatic rings. The maximum absolute atomic E-state index is 13.6. The molecule has 4 heteroatoms. The second-order valence-electron chi connectivity index (χ2n) is 4.07. The molecule has 0 bridgehead atoms. The number of esters is 1. The van der Waals surface area contributed by atoms with Crippen LogP contribution in [0.15, 0.2) is 18.2 Å². The van der Waals surface area contributed by atoms with Gasteiger partial charge in [-0.15, -0.1) is 0 Å². The molecule has 1 rings (SSSR count). The first-order valence-electron chi connectivity index (χ1n) is 5.99. The summed E-state index contributed by atoms with van der Waals surface area (Å²) in [6, 6.07) is 4.54. The molecule has 0 N–H and O–H groups in total. The molecule has 0 amide bonds. The van der Waals surface area contributed by atoms with Crippen molar-refractivity contribution in [1.29, 1.82) is 0 Å². The Kier molecular flexibility index (Phi) is 6.05. The van der Waals surface area contributed by atoms with E-state index in [1.54, 1.807) is 6.07 Å². The van der Waals surface area contributed by atoms with Gasteiger partial charge in [0.05, 0.1) is 12.7 Å². The van der Waals surface area contributed by atoms with Gasteiger partial charge in [-0.2, -0.15) is 0 Å². The third-order valence-electron chi connectivity index (χ3n) is 2.73. The van der Waals surface area contributed by atoms with Gasteiger partial charge in [-0.05, 0) is 37.0 Å². The zero-order chi connectivity index (χ0) is 13.4. The lowest BCUT2D eigenvalue weighted by Gasteiger charge is -2.04. The van der Waals surface area contributed by atoms with E-state index in [1.165, 1.54) is 19.2 Å². The van der Waals surface area contributed by atoms with Crippen LogP contribution in [-0.2, 0) is 16.0 Å². The number of aldehydes is 1. The summed E-state index contributed by atoms with van der Waals surface area (Å²) in [4.78, 5) is 21.3. The summed E-state index contributed by atoms with van der Waals surface area (Å²) in [5.74, 6) is -1.21. The Hall–Kier alpha value is -1.71. The smallest absolute Gasteiger partial charge is 0.340 e. The van der Waals surface area contributed by atoms with Crippen molar-refractivity contribution in [3.8, 4) is 0 Å². The van der Waals surface area contributed by atoms with Crippen LogP contribution < -0.4 is 0 Å². The molecule has 98 valence electrons. The van der Waals surface area contributed by atoms with Crippen LogP contribution in [0.5, 0.6) is 0 Å². The molecule has 1 aromatic rings. The summed E-state index contributed by atoms with van der Waals surface area (Å²) in [5.41, 5.74) is 0.813. The number of benzene rings is 1. The van der Waals surface area contributed by atoms with E-state index in [9.17, 15) is 14.0 Å². The number of unbranched alkanes of at least 4 members (excludes halogenated alkanes) is 3. The third-order valence-corrected chi connectivity index (χ3v) is 2.73. The highest BCUT2D eigenvalue weighted by Crippen LogP contribution is 2.14. The summed E-state index contributed by atoms with van der Waals surface area (Å²) in [6.07, 6.45) is 4.95. The van der Waals surface area contributed by atoms with Crippen molar-refractivity contribution in [3.05, 3.63) is 35.1 Å². The van der Waals surface area contributed by atoms with E-state index in [1.807, 2.05) is 0 Å². The Labute approximate surface area is 106 Å². The predicted octanol–water partition coefficient (Wildman–Crippen LogP) is 2.91. The fourth-order valence-electron chi connectivity index (χ4n) is 1.72. The minimum atomic E-state index is -0.662. The molecule has 0 unspecified atom stereocenters. The van der Waals surface area contributed by atoms with E-state index in [-0.39, 0.29) is 5.56 Å². The minimum Gasteiger partial charge on any atom is -0.465 e. The van der Waals surface area contributed by atoms with E-state index < -0.39 is 11.8 Å². The van der Waals surface area contributed by atoms with Gasteiger partial charge in [0.15, 0.2) is 0 Å². The van der Waals surface area contributed by atoms with Crippen LogP contribution in [0.3, 0.4) is 0 Å². The second kappa shape index (κ2) is 7.58. The Bertz CT molecular complexity index is 416. The van der Waals surface area contributed by atoms with Crippen LogP contribution in [0.25, 0.3) is 0 Å².